The van der Waals surface area contributed by atoms with Crippen LogP contribution in [0.25, 0.3) is 0 Å². The smallest absolute Gasteiger partial charge is 0.196 e. The van der Waals surface area contributed by atoms with E-state index in [9.17, 15) is 13.0 Å². The van der Waals surface area contributed by atoms with Crippen LogP contribution in [-0.4, -0.2) is 13.7 Å². The van der Waals surface area contributed by atoms with E-state index in [1.807, 2.05) is 0 Å². The van der Waals surface area contributed by atoms with E-state index >= 15 is 0 Å². The lowest BCUT2D eigenvalue weighted by Gasteiger charge is -1.92. The molecule has 0 fully saturated rings. The summed E-state index contributed by atoms with van der Waals surface area (Å²) in [6, 6.07) is 0. The Kier molecular flexibility index (Phi) is 2.68. The zero-order valence-electron chi connectivity index (χ0n) is 5.21. The van der Waals surface area contributed by atoms with E-state index in [0.29, 0.717) is 0 Å². The minimum atomic E-state index is -4.19. The van der Waals surface area contributed by atoms with Crippen molar-refractivity contribution in [3.8, 4) is 11.8 Å². The van der Waals surface area contributed by atoms with Crippen molar-refractivity contribution >= 4 is 10.1 Å². The Labute approximate surface area is 54.8 Å². The lowest BCUT2D eigenvalue weighted by Crippen LogP contribution is -2.12. The van der Waals surface area contributed by atoms with Crippen LogP contribution in [0.3, 0.4) is 0 Å². The third-order valence-electron chi connectivity index (χ3n) is 0.781. The summed E-state index contributed by atoms with van der Waals surface area (Å²) in [5.74, 6) is 4.58. The highest BCUT2D eigenvalue weighted by Gasteiger charge is 2.14. The first-order chi connectivity index (χ1) is 3.98. The van der Waals surface area contributed by atoms with Gasteiger partial charge in [-0.25, -0.2) is 0 Å². The van der Waals surface area contributed by atoms with Crippen molar-refractivity contribution in [2.45, 2.75) is 19.1 Å². The predicted octanol–water partition coefficient (Wildman–Crippen LogP) is 0.159. The van der Waals surface area contributed by atoms with E-state index in [1.165, 1.54) is 13.8 Å². The van der Waals surface area contributed by atoms with Crippen molar-refractivity contribution in [3.63, 3.8) is 0 Å². The predicted molar refractivity (Wildman–Crippen MR) is 32.5 cm³/mol. The van der Waals surface area contributed by atoms with Crippen LogP contribution in [0.15, 0.2) is 0 Å². The maximum absolute atomic E-state index is 10.1. The van der Waals surface area contributed by atoms with Crippen molar-refractivity contribution in [1.82, 2.24) is 0 Å². The zero-order chi connectivity index (χ0) is 7.49. The molecule has 0 aliphatic heterocycles. The van der Waals surface area contributed by atoms with Gasteiger partial charge in [0.05, 0.1) is 0 Å². The second kappa shape index (κ2) is 2.85. The van der Waals surface area contributed by atoms with Gasteiger partial charge in [-0.1, -0.05) is 10.5 Å². The highest BCUT2D eigenvalue weighted by Crippen LogP contribution is 1.94. The first-order valence-electron chi connectivity index (χ1n) is 2.35. The van der Waals surface area contributed by atoms with Gasteiger partial charge >= 0.3 is 10.1 Å². The van der Waals surface area contributed by atoms with Crippen LogP contribution in [0.4, 0.5) is 0 Å². The standard InChI is InChI=1S/C5H7O3S/c1-3-4-5(2)9(6,7)8/h5H,1-2H3. The molecule has 0 saturated heterocycles. The van der Waals surface area contributed by atoms with E-state index < -0.39 is 15.4 Å². The lowest BCUT2D eigenvalue weighted by atomic mass is 10.5. The van der Waals surface area contributed by atoms with Crippen molar-refractivity contribution < 1.29 is 13.0 Å². The van der Waals surface area contributed by atoms with Gasteiger partial charge in [0.2, 0.25) is 0 Å². The van der Waals surface area contributed by atoms with Crippen molar-refractivity contribution in [2.24, 2.45) is 0 Å². The largest absolute Gasteiger partial charge is 0.308 e. The summed E-state index contributed by atoms with van der Waals surface area (Å²) >= 11 is 0. The van der Waals surface area contributed by atoms with Crippen LogP contribution >= 0.6 is 0 Å². The van der Waals surface area contributed by atoms with E-state index in [0.717, 1.165) is 0 Å². The average molecular weight is 147 g/mol. The van der Waals surface area contributed by atoms with Crippen LogP contribution in [0.5, 0.6) is 0 Å². The summed E-state index contributed by atoms with van der Waals surface area (Å²) in [5, 5.41) is -1.08. The molecule has 9 heavy (non-hydrogen) atoms. The van der Waals surface area contributed by atoms with E-state index in [4.69, 9.17) is 0 Å². The minimum Gasteiger partial charge on any atom is -0.196 e. The van der Waals surface area contributed by atoms with Gasteiger partial charge in [0.25, 0.3) is 0 Å². The fourth-order valence-corrected chi connectivity index (χ4v) is 0.538. The Morgan fingerprint density at radius 2 is 1.89 bits per heavy atom. The second-order valence-electron chi connectivity index (χ2n) is 1.53. The molecule has 3 nitrogen and oxygen atoms in total. The number of hydrogen-bond donors (Lipinski definition) is 0. The Bertz CT molecular complexity index is 229. The summed E-state index contributed by atoms with van der Waals surface area (Å²) in [7, 11) is -4.19. The fraction of sp³-hybridized carbons (Fsp3) is 0.600. The van der Waals surface area contributed by atoms with E-state index in [-0.39, 0.29) is 0 Å². The van der Waals surface area contributed by atoms with Gasteiger partial charge < -0.3 is 0 Å². The van der Waals surface area contributed by atoms with Crippen LogP contribution in [0.1, 0.15) is 13.8 Å². The third-order valence-corrected chi connectivity index (χ3v) is 1.76. The SMILES string of the molecule is CC#CC(C)S([O])(=O)=O. The molecule has 0 bridgehead atoms. The highest BCUT2D eigenvalue weighted by molar-refractivity contribution is 7.86. The molecule has 51 valence electrons. The topological polar surface area (TPSA) is 54.0 Å². The van der Waals surface area contributed by atoms with Crippen molar-refractivity contribution in [3.05, 3.63) is 0 Å². The Balaban J connectivity index is 4.36. The molecule has 0 aromatic carbocycles. The maximum atomic E-state index is 10.1. The van der Waals surface area contributed by atoms with Crippen LogP contribution in [-0.2, 0) is 14.7 Å². The van der Waals surface area contributed by atoms with Gasteiger partial charge in [-0.2, -0.15) is 8.42 Å². The lowest BCUT2D eigenvalue weighted by molar-refractivity contribution is 0.410. The molecule has 0 aliphatic rings. The van der Waals surface area contributed by atoms with Crippen LogP contribution in [0.2, 0.25) is 0 Å². The summed E-state index contributed by atoms with van der Waals surface area (Å²) in [5.41, 5.74) is 0. The molecule has 0 aliphatic carbocycles. The highest BCUT2D eigenvalue weighted by atomic mass is 32.2. The van der Waals surface area contributed by atoms with Gasteiger partial charge in [-0.3, -0.25) is 0 Å². The molecule has 0 heterocycles. The molecule has 1 radical (unpaired) electrons. The molecule has 0 aromatic heterocycles. The first kappa shape index (κ1) is 8.47. The van der Waals surface area contributed by atoms with Gasteiger partial charge in [0.1, 0.15) is 5.25 Å². The summed E-state index contributed by atoms with van der Waals surface area (Å²) in [4.78, 5) is 0. The molecule has 0 amide bonds. The zero-order valence-corrected chi connectivity index (χ0v) is 6.03. The molecule has 0 rings (SSSR count). The molecule has 0 spiro atoms. The normalized spacial score (nSPS) is 13.7. The van der Waals surface area contributed by atoms with Crippen molar-refractivity contribution in [1.29, 1.82) is 0 Å². The van der Waals surface area contributed by atoms with Crippen LogP contribution in [0, 0.1) is 11.8 Å². The molecule has 1 unspecified atom stereocenters. The molecule has 4 heteroatoms. The monoisotopic (exact) mass is 147 g/mol. The first-order valence-corrected chi connectivity index (χ1v) is 3.82. The number of hydrogen-bond acceptors (Lipinski definition) is 2. The number of rotatable bonds is 1. The molecule has 0 N–H and O–H groups in total. The van der Waals surface area contributed by atoms with Crippen LogP contribution < -0.4 is 0 Å². The summed E-state index contributed by atoms with van der Waals surface area (Å²) in [6.07, 6.45) is 0. The van der Waals surface area contributed by atoms with Crippen molar-refractivity contribution in [2.75, 3.05) is 0 Å². The molecular weight excluding hydrogens is 140 g/mol. The maximum Gasteiger partial charge on any atom is 0.308 e. The molecule has 0 saturated carbocycles. The Morgan fingerprint density at radius 3 is 2.00 bits per heavy atom. The summed E-state index contributed by atoms with van der Waals surface area (Å²) < 4.78 is 30.2. The summed E-state index contributed by atoms with van der Waals surface area (Å²) in [6.45, 7) is 2.75. The molecule has 0 aromatic rings. The fourth-order valence-electron chi connectivity index (χ4n) is 0.275. The second-order valence-corrected chi connectivity index (χ2v) is 3.22. The average Bonchev–Trinajstić information content (AvgIpc) is 1.64. The Hall–Kier alpha value is -0.530. The molecule has 1 atom stereocenters. The quantitative estimate of drug-likeness (QED) is 0.496. The van der Waals surface area contributed by atoms with E-state index in [1.54, 1.807) is 0 Å². The van der Waals surface area contributed by atoms with Gasteiger partial charge in [-0.05, 0) is 13.8 Å². The minimum absolute atomic E-state index is 1.08. The molecular formula is C5H7O3S. The third kappa shape index (κ3) is 3.12. The Morgan fingerprint density at radius 1 is 1.44 bits per heavy atom. The van der Waals surface area contributed by atoms with Gasteiger partial charge in [-0.15, -0.1) is 5.92 Å². The van der Waals surface area contributed by atoms with Gasteiger partial charge in [0.15, 0.2) is 0 Å². The van der Waals surface area contributed by atoms with Gasteiger partial charge in [0, 0.05) is 0 Å². The van der Waals surface area contributed by atoms with E-state index in [2.05, 4.69) is 11.8 Å².